The highest BCUT2D eigenvalue weighted by Crippen LogP contribution is 2.29. The van der Waals surface area contributed by atoms with Crippen molar-refractivity contribution in [2.45, 2.75) is 48.3 Å². The largest absolute Gasteiger partial charge is 0.497 e. The van der Waals surface area contributed by atoms with Gasteiger partial charge < -0.3 is 9.30 Å². The fourth-order valence-electron chi connectivity index (χ4n) is 3.88. The molecule has 1 aliphatic rings. The maximum absolute atomic E-state index is 13.0. The Morgan fingerprint density at radius 2 is 1.90 bits per heavy atom. The van der Waals surface area contributed by atoms with Crippen LogP contribution in [0.2, 0.25) is 0 Å². The van der Waals surface area contributed by atoms with Crippen molar-refractivity contribution < 1.29 is 13.2 Å². The van der Waals surface area contributed by atoms with Gasteiger partial charge >= 0.3 is 0 Å². The van der Waals surface area contributed by atoms with Gasteiger partial charge in [-0.15, -0.1) is 11.8 Å². The molecule has 0 N–H and O–H groups in total. The van der Waals surface area contributed by atoms with Gasteiger partial charge in [-0.3, -0.25) is 0 Å². The van der Waals surface area contributed by atoms with Crippen LogP contribution in [0.1, 0.15) is 32.0 Å². The highest BCUT2D eigenvalue weighted by atomic mass is 32.2. The van der Waals surface area contributed by atoms with Gasteiger partial charge in [0.25, 0.3) is 0 Å². The topological polar surface area (TPSA) is 64.4 Å². The third-order valence-electron chi connectivity index (χ3n) is 5.48. The number of hydrogen-bond donors (Lipinski definition) is 0. The van der Waals surface area contributed by atoms with E-state index in [-0.39, 0.29) is 0 Å². The van der Waals surface area contributed by atoms with E-state index in [1.165, 1.54) is 0 Å². The molecule has 4 rings (SSSR count). The van der Waals surface area contributed by atoms with Crippen LogP contribution in [0.5, 0.6) is 5.75 Å². The van der Waals surface area contributed by atoms with Crippen LogP contribution < -0.4 is 4.74 Å². The number of fused-ring (bicyclic) bond motifs is 1. The lowest BCUT2D eigenvalue weighted by molar-refractivity contribution is 0.346. The van der Waals surface area contributed by atoms with Gasteiger partial charge in [-0.25, -0.2) is 13.4 Å². The van der Waals surface area contributed by atoms with Gasteiger partial charge in [0.15, 0.2) is 0 Å². The minimum absolute atomic E-state index is 0.338. The van der Waals surface area contributed by atoms with Gasteiger partial charge in [-0.1, -0.05) is 12.5 Å². The van der Waals surface area contributed by atoms with Crippen molar-refractivity contribution in [3.05, 3.63) is 48.3 Å². The maximum Gasteiger partial charge on any atom is 0.243 e. The van der Waals surface area contributed by atoms with E-state index in [9.17, 15) is 8.42 Å². The summed E-state index contributed by atoms with van der Waals surface area (Å²) in [6.07, 6.45) is 2.95. The number of hydrogen-bond acceptors (Lipinski definition) is 5. The Morgan fingerprint density at radius 3 is 2.63 bits per heavy atom. The first-order valence-corrected chi connectivity index (χ1v) is 12.7. The number of aromatic nitrogens is 2. The van der Waals surface area contributed by atoms with Crippen molar-refractivity contribution in [3.63, 3.8) is 0 Å². The van der Waals surface area contributed by atoms with E-state index in [1.54, 1.807) is 35.3 Å². The molecule has 1 saturated heterocycles. The molecular weight excluding hydrogens is 418 g/mol. The third-order valence-corrected chi connectivity index (χ3v) is 8.36. The number of ether oxygens (including phenoxy) is 1. The summed E-state index contributed by atoms with van der Waals surface area (Å²) in [5, 5.41) is 0. The zero-order valence-electron chi connectivity index (χ0n) is 17.4. The first-order chi connectivity index (χ1) is 14.5. The Kier molecular flexibility index (Phi) is 6.36. The zero-order valence-corrected chi connectivity index (χ0v) is 19.0. The summed E-state index contributed by atoms with van der Waals surface area (Å²) in [5.74, 6) is 2.47. The molecule has 0 atom stereocenters. The molecule has 0 bridgehead atoms. The van der Waals surface area contributed by atoms with Crippen LogP contribution in [0.15, 0.2) is 52.3 Å². The summed E-state index contributed by atoms with van der Waals surface area (Å²) in [7, 11) is -1.80. The average molecular weight is 446 g/mol. The number of piperidine rings is 1. The predicted molar refractivity (Wildman–Crippen MR) is 121 cm³/mol. The van der Waals surface area contributed by atoms with Crippen LogP contribution >= 0.6 is 11.8 Å². The Hall–Kier alpha value is -2.03. The number of methoxy groups -OCH3 is 1. The lowest BCUT2D eigenvalue weighted by Gasteiger charge is -2.25. The number of benzene rings is 2. The van der Waals surface area contributed by atoms with Crippen molar-refractivity contribution in [1.29, 1.82) is 0 Å². The summed E-state index contributed by atoms with van der Waals surface area (Å²) >= 11 is 1.69. The summed E-state index contributed by atoms with van der Waals surface area (Å²) in [4.78, 5) is 6.23. The fraction of sp³-hybridized carbons (Fsp3) is 0.409. The van der Waals surface area contributed by atoms with Gasteiger partial charge in [0, 0.05) is 24.5 Å². The standard InChI is InChI=1S/C22H27N3O3S2/c1-3-25-21-11-10-19(30(26,27)24-12-5-4-6-13-24)15-20(21)23-22(25)16-29-18-9-7-8-17(14-18)28-2/h7-11,14-15H,3-6,12-13,16H2,1-2H3. The molecule has 0 saturated carbocycles. The second kappa shape index (κ2) is 8.99. The summed E-state index contributed by atoms with van der Waals surface area (Å²) in [5.41, 5.74) is 1.70. The van der Waals surface area contributed by atoms with E-state index in [2.05, 4.69) is 17.6 Å². The van der Waals surface area contributed by atoms with E-state index in [0.717, 1.165) is 53.3 Å². The molecular formula is C22H27N3O3S2. The van der Waals surface area contributed by atoms with Gasteiger partial charge in [0.05, 0.1) is 28.8 Å². The second-order valence-electron chi connectivity index (χ2n) is 7.36. The van der Waals surface area contributed by atoms with Crippen LogP contribution in [-0.2, 0) is 22.3 Å². The Labute approximate surface area is 182 Å². The average Bonchev–Trinajstić information content (AvgIpc) is 3.15. The number of sulfonamides is 1. The van der Waals surface area contributed by atoms with Crippen molar-refractivity contribution >= 4 is 32.8 Å². The molecule has 30 heavy (non-hydrogen) atoms. The number of imidazole rings is 1. The smallest absolute Gasteiger partial charge is 0.243 e. The molecule has 0 unspecified atom stereocenters. The van der Waals surface area contributed by atoms with Crippen LogP contribution in [0.4, 0.5) is 0 Å². The lowest BCUT2D eigenvalue weighted by Crippen LogP contribution is -2.35. The molecule has 1 aliphatic heterocycles. The van der Waals surface area contributed by atoms with E-state index >= 15 is 0 Å². The predicted octanol–water partition coefficient (Wildman–Crippen LogP) is 4.53. The monoisotopic (exact) mass is 445 g/mol. The minimum atomic E-state index is -3.46. The third kappa shape index (κ3) is 4.22. The van der Waals surface area contributed by atoms with Crippen molar-refractivity contribution in [2.24, 2.45) is 0 Å². The molecule has 6 nitrogen and oxygen atoms in total. The van der Waals surface area contributed by atoms with Crippen molar-refractivity contribution in [3.8, 4) is 5.75 Å². The van der Waals surface area contributed by atoms with Crippen LogP contribution in [0.3, 0.4) is 0 Å². The quantitative estimate of drug-likeness (QED) is 0.500. The molecule has 2 aromatic carbocycles. The Bertz CT molecular complexity index is 1140. The first kappa shape index (κ1) is 21.2. The van der Waals surface area contributed by atoms with Gasteiger partial charge in [0.1, 0.15) is 11.6 Å². The minimum Gasteiger partial charge on any atom is -0.497 e. The number of aryl methyl sites for hydroxylation is 1. The molecule has 1 aromatic heterocycles. The van der Waals surface area contributed by atoms with Gasteiger partial charge in [0.2, 0.25) is 10.0 Å². The highest BCUT2D eigenvalue weighted by Gasteiger charge is 2.26. The molecule has 0 amide bonds. The van der Waals surface area contributed by atoms with Gasteiger partial charge in [-0.05, 0) is 56.2 Å². The van der Waals surface area contributed by atoms with E-state index in [0.29, 0.717) is 23.7 Å². The molecule has 2 heterocycles. The number of rotatable bonds is 7. The highest BCUT2D eigenvalue weighted by molar-refractivity contribution is 7.98. The molecule has 0 radical (unpaired) electrons. The van der Waals surface area contributed by atoms with Crippen molar-refractivity contribution in [1.82, 2.24) is 13.9 Å². The van der Waals surface area contributed by atoms with Gasteiger partial charge in [-0.2, -0.15) is 4.31 Å². The summed E-state index contributed by atoms with van der Waals surface area (Å²) < 4.78 is 35.1. The molecule has 160 valence electrons. The van der Waals surface area contributed by atoms with E-state index < -0.39 is 10.0 Å². The number of thioether (sulfide) groups is 1. The van der Waals surface area contributed by atoms with Crippen LogP contribution in [0.25, 0.3) is 11.0 Å². The second-order valence-corrected chi connectivity index (χ2v) is 10.3. The summed E-state index contributed by atoms with van der Waals surface area (Å²) in [6, 6.07) is 13.3. The molecule has 0 spiro atoms. The van der Waals surface area contributed by atoms with Crippen LogP contribution in [-0.4, -0.2) is 42.5 Å². The SMILES string of the molecule is CCn1c(CSc2cccc(OC)c2)nc2cc(S(=O)(=O)N3CCCCC3)ccc21. The van der Waals surface area contributed by atoms with Crippen molar-refractivity contribution in [2.75, 3.05) is 20.2 Å². The Morgan fingerprint density at radius 1 is 1.10 bits per heavy atom. The molecule has 1 fully saturated rings. The van der Waals surface area contributed by atoms with E-state index in [1.807, 2.05) is 24.3 Å². The fourth-order valence-corrected chi connectivity index (χ4v) is 6.30. The molecule has 0 aliphatic carbocycles. The lowest BCUT2D eigenvalue weighted by atomic mass is 10.2. The first-order valence-electron chi connectivity index (χ1n) is 10.3. The van der Waals surface area contributed by atoms with Crippen LogP contribution in [0, 0.1) is 0 Å². The maximum atomic E-state index is 13.0. The van der Waals surface area contributed by atoms with E-state index in [4.69, 9.17) is 9.72 Å². The zero-order chi connectivity index (χ0) is 21.1. The summed E-state index contributed by atoms with van der Waals surface area (Å²) in [6.45, 7) is 4.07. The number of nitrogens with zero attached hydrogens (tertiary/aromatic N) is 3. The Balaban J connectivity index is 1.61. The molecule has 8 heteroatoms. The molecule has 3 aromatic rings. The normalized spacial score (nSPS) is 15.5.